The van der Waals surface area contributed by atoms with Crippen LogP contribution in [0.5, 0.6) is 0 Å². The van der Waals surface area contributed by atoms with Gasteiger partial charge in [0.05, 0.1) is 23.5 Å². The van der Waals surface area contributed by atoms with Crippen LogP contribution >= 0.6 is 0 Å². The molecule has 0 radical (unpaired) electrons. The van der Waals surface area contributed by atoms with Crippen LogP contribution in [-0.4, -0.2) is 49.0 Å². The third-order valence-corrected chi connectivity index (χ3v) is 4.73. The van der Waals surface area contributed by atoms with Gasteiger partial charge in [-0.25, -0.2) is 0 Å². The summed E-state index contributed by atoms with van der Waals surface area (Å²) in [5.74, 6) is -0.0777. The molecule has 0 aliphatic heterocycles. The summed E-state index contributed by atoms with van der Waals surface area (Å²) in [5.41, 5.74) is 2.34. The Bertz CT molecular complexity index is 976. The van der Waals surface area contributed by atoms with E-state index in [4.69, 9.17) is 0 Å². The minimum atomic E-state index is -1.05. The molecule has 0 atom stereocenters. The molecule has 3 rings (SSSR count). The molecule has 2 heterocycles. The van der Waals surface area contributed by atoms with Crippen molar-refractivity contribution in [2.45, 2.75) is 39.8 Å². The lowest BCUT2D eigenvalue weighted by atomic mass is 10.0. The molecule has 29 heavy (non-hydrogen) atoms. The van der Waals surface area contributed by atoms with Gasteiger partial charge in [-0.05, 0) is 39.8 Å². The van der Waals surface area contributed by atoms with E-state index in [-0.39, 0.29) is 5.91 Å². The Balaban J connectivity index is 1.79. The predicted molar refractivity (Wildman–Crippen MR) is 111 cm³/mol. The van der Waals surface area contributed by atoms with Gasteiger partial charge < -0.3 is 10.0 Å². The zero-order chi connectivity index (χ0) is 21.0. The van der Waals surface area contributed by atoms with Gasteiger partial charge in [0.15, 0.2) is 0 Å². The van der Waals surface area contributed by atoms with Crippen LogP contribution < -0.4 is 0 Å². The van der Waals surface area contributed by atoms with Crippen LogP contribution in [0.3, 0.4) is 0 Å². The smallest absolute Gasteiger partial charge is 0.256 e. The number of pyridine rings is 1. The third kappa shape index (κ3) is 4.68. The minimum Gasteiger partial charge on any atom is -0.384 e. The molecular formula is C22H27N5O2. The molecule has 7 nitrogen and oxygen atoms in total. The number of aryl methyl sites for hydroxylation is 1. The monoisotopic (exact) mass is 393 g/mol. The van der Waals surface area contributed by atoms with Crippen molar-refractivity contribution in [3.05, 3.63) is 65.6 Å². The SMILES string of the molecule is CCN(CCn1nc(C)c(C(C)(C)O)n1)C(=O)c1cccnc1-c1ccccc1. The van der Waals surface area contributed by atoms with Crippen molar-refractivity contribution >= 4 is 5.91 Å². The van der Waals surface area contributed by atoms with E-state index >= 15 is 0 Å². The van der Waals surface area contributed by atoms with Crippen LogP contribution in [0.1, 0.15) is 42.5 Å². The average Bonchev–Trinajstić information content (AvgIpc) is 3.10. The van der Waals surface area contributed by atoms with Gasteiger partial charge >= 0.3 is 0 Å². The molecule has 0 saturated carbocycles. The standard InChI is InChI=1S/C22H27N5O2/c1-5-26(14-15-27-24-16(2)20(25-27)22(3,4)29)21(28)18-12-9-13-23-19(18)17-10-7-6-8-11-17/h6-13,29H,5,14-15H2,1-4H3. The van der Waals surface area contributed by atoms with Crippen molar-refractivity contribution in [3.8, 4) is 11.3 Å². The van der Waals surface area contributed by atoms with Crippen molar-refractivity contribution in [3.63, 3.8) is 0 Å². The largest absolute Gasteiger partial charge is 0.384 e. The highest BCUT2D eigenvalue weighted by Crippen LogP contribution is 2.22. The summed E-state index contributed by atoms with van der Waals surface area (Å²) in [5, 5.41) is 19.0. The van der Waals surface area contributed by atoms with Gasteiger partial charge in [0.2, 0.25) is 0 Å². The number of aromatic nitrogens is 4. The van der Waals surface area contributed by atoms with Crippen LogP contribution in [0, 0.1) is 6.92 Å². The Morgan fingerprint density at radius 1 is 1.14 bits per heavy atom. The Kier molecular flexibility index (Phi) is 6.08. The average molecular weight is 393 g/mol. The Morgan fingerprint density at radius 3 is 2.48 bits per heavy atom. The van der Waals surface area contributed by atoms with E-state index in [1.165, 1.54) is 0 Å². The van der Waals surface area contributed by atoms with E-state index in [0.29, 0.717) is 42.3 Å². The maximum Gasteiger partial charge on any atom is 0.256 e. The van der Waals surface area contributed by atoms with Crippen molar-refractivity contribution in [2.75, 3.05) is 13.1 Å². The maximum atomic E-state index is 13.2. The van der Waals surface area contributed by atoms with Crippen LogP contribution in [-0.2, 0) is 12.1 Å². The number of benzene rings is 1. The summed E-state index contributed by atoms with van der Waals surface area (Å²) in [7, 11) is 0. The van der Waals surface area contributed by atoms with Crippen LogP contribution in [0.25, 0.3) is 11.3 Å². The Morgan fingerprint density at radius 2 is 1.86 bits per heavy atom. The zero-order valence-corrected chi connectivity index (χ0v) is 17.3. The molecule has 152 valence electrons. The summed E-state index contributed by atoms with van der Waals surface area (Å²) in [6.45, 7) is 8.59. The molecule has 2 aromatic heterocycles. The molecule has 0 spiro atoms. The van der Waals surface area contributed by atoms with Gasteiger partial charge in [0.25, 0.3) is 5.91 Å². The van der Waals surface area contributed by atoms with Gasteiger partial charge in [-0.2, -0.15) is 15.0 Å². The number of hydrogen-bond donors (Lipinski definition) is 1. The Labute approximate surface area is 171 Å². The van der Waals surface area contributed by atoms with E-state index in [1.807, 2.05) is 50.2 Å². The fourth-order valence-corrected chi connectivity index (χ4v) is 3.28. The molecule has 3 aromatic rings. The first-order valence-electron chi connectivity index (χ1n) is 9.75. The lowest BCUT2D eigenvalue weighted by Crippen LogP contribution is -2.34. The number of likely N-dealkylation sites (N-methyl/N-ethyl adjacent to an activating group) is 1. The lowest BCUT2D eigenvalue weighted by Gasteiger charge is -2.22. The second kappa shape index (κ2) is 8.53. The molecule has 0 saturated heterocycles. The summed E-state index contributed by atoms with van der Waals surface area (Å²) in [6, 6.07) is 13.3. The zero-order valence-electron chi connectivity index (χ0n) is 17.3. The van der Waals surface area contributed by atoms with Crippen LogP contribution in [0.2, 0.25) is 0 Å². The fourth-order valence-electron chi connectivity index (χ4n) is 3.28. The van der Waals surface area contributed by atoms with Gasteiger partial charge in [-0.3, -0.25) is 9.78 Å². The molecule has 1 N–H and O–H groups in total. The van der Waals surface area contributed by atoms with Crippen molar-refractivity contribution < 1.29 is 9.90 Å². The van der Waals surface area contributed by atoms with Crippen molar-refractivity contribution in [1.29, 1.82) is 0 Å². The van der Waals surface area contributed by atoms with E-state index in [0.717, 1.165) is 5.56 Å². The van der Waals surface area contributed by atoms with E-state index in [9.17, 15) is 9.90 Å². The number of hydrogen-bond acceptors (Lipinski definition) is 5. The number of amides is 1. The predicted octanol–water partition coefficient (Wildman–Crippen LogP) is 3.04. The van der Waals surface area contributed by atoms with E-state index in [2.05, 4.69) is 15.2 Å². The second-order valence-electron chi connectivity index (χ2n) is 7.44. The van der Waals surface area contributed by atoms with Gasteiger partial charge in [-0.15, -0.1) is 0 Å². The van der Waals surface area contributed by atoms with Crippen molar-refractivity contribution in [2.24, 2.45) is 0 Å². The molecule has 1 aromatic carbocycles. The third-order valence-electron chi connectivity index (χ3n) is 4.73. The maximum absolute atomic E-state index is 13.2. The highest BCUT2D eigenvalue weighted by Gasteiger charge is 2.24. The van der Waals surface area contributed by atoms with E-state index in [1.54, 1.807) is 35.8 Å². The molecule has 0 bridgehead atoms. The molecule has 0 unspecified atom stereocenters. The summed E-state index contributed by atoms with van der Waals surface area (Å²) < 4.78 is 0. The summed E-state index contributed by atoms with van der Waals surface area (Å²) in [6.07, 6.45) is 1.70. The first-order chi connectivity index (χ1) is 13.8. The molecule has 0 aliphatic carbocycles. The minimum absolute atomic E-state index is 0.0777. The van der Waals surface area contributed by atoms with Gasteiger partial charge in [0, 0.05) is 24.8 Å². The molecule has 7 heteroatoms. The molecule has 1 amide bonds. The highest BCUT2D eigenvalue weighted by atomic mass is 16.3. The Hall–Kier alpha value is -3.06. The topological polar surface area (TPSA) is 84.1 Å². The molecule has 0 fully saturated rings. The van der Waals surface area contributed by atoms with Crippen LogP contribution in [0.4, 0.5) is 0 Å². The second-order valence-corrected chi connectivity index (χ2v) is 7.44. The number of rotatable bonds is 7. The first kappa shape index (κ1) is 20.7. The lowest BCUT2D eigenvalue weighted by molar-refractivity contribution is 0.0710. The van der Waals surface area contributed by atoms with Gasteiger partial charge in [-0.1, -0.05) is 30.3 Å². The quantitative estimate of drug-likeness (QED) is 0.667. The van der Waals surface area contributed by atoms with Crippen molar-refractivity contribution in [1.82, 2.24) is 24.9 Å². The summed E-state index contributed by atoms with van der Waals surface area (Å²) in [4.78, 5) is 21.0. The number of carbonyl (C=O) groups is 1. The fraction of sp³-hybridized carbons (Fsp3) is 0.364. The summed E-state index contributed by atoms with van der Waals surface area (Å²) >= 11 is 0. The van der Waals surface area contributed by atoms with Gasteiger partial charge in [0.1, 0.15) is 11.3 Å². The molecule has 0 aliphatic rings. The van der Waals surface area contributed by atoms with E-state index < -0.39 is 5.60 Å². The normalized spacial score (nSPS) is 11.5. The molecular weight excluding hydrogens is 366 g/mol. The first-order valence-corrected chi connectivity index (χ1v) is 9.75. The van der Waals surface area contributed by atoms with Crippen LogP contribution in [0.15, 0.2) is 48.7 Å². The number of carbonyl (C=O) groups excluding carboxylic acids is 1. The number of nitrogens with zero attached hydrogens (tertiary/aromatic N) is 5. The number of aliphatic hydroxyl groups is 1. The highest BCUT2D eigenvalue weighted by molar-refractivity contribution is 5.99.